The first-order chi connectivity index (χ1) is 14.9. The summed E-state index contributed by atoms with van der Waals surface area (Å²) >= 11 is 0. The fraction of sp³-hybridized carbons (Fsp3) is 0.625. The maximum Gasteiger partial charge on any atom is 0.326 e. The lowest BCUT2D eigenvalue weighted by molar-refractivity contribution is -0.151. The number of fused-ring (bicyclic) bond motifs is 1. The van der Waals surface area contributed by atoms with Gasteiger partial charge in [0.25, 0.3) is 0 Å². The van der Waals surface area contributed by atoms with E-state index in [9.17, 15) is 19.5 Å². The van der Waals surface area contributed by atoms with E-state index in [4.69, 9.17) is 4.74 Å². The summed E-state index contributed by atoms with van der Waals surface area (Å²) in [6.45, 7) is 4.21. The number of ether oxygens (including phenoxy) is 1. The van der Waals surface area contributed by atoms with Gasteiger partial charge in [0.15, 0.2) is 0 Å². The van der Waals surface area contributed by atoms with Crippen molar-refractivity contribution in [3.63, 3.8) is 0 Å². The van der Waals surface area contributed by atoms with Gasteiger partial charge in [-0.2, -0.15) is 0 Å². The molecule has 1 aromatic rings. The van der Waals surface area contributed by atoms with Crippen molar-refractivity contribution in [3.05, 3.63) is 35.9 Å². The largest absolute Gasteiger partial charge is 0.480 e. The third kappa shape index (κ3) is 6.23. The molecule has 0 bridgehead atoms. The number of aryl methyl sites for hydroxylation is 1. The van der Waals surface area contributed by atoms with Crippen molar-refractivity contribution in [2.24, 2.45) is 11.8 Å². The number of carboxylic acids is 1. The van der Waals surface area contributed by atoms with Crippen molar-refractivity contribution >= 4 is 30.3 Å². The van der Waals surface area contributed by atoms with Crippen molar-refractivity contribution in [1.29, 1.82) is 0 Å². The van der Waals surface area contributed by atoms with Crippen molar-refractivity contribution in [1.82, 2.24) is 10.2 Å². The Balaban J connectivity index is 0.00000363. The highest BCUT2D eigenvalue weighted by molar-refractivity contribution is 5.88. The van der Waals surface area contributed by atoms with Crippen LogP contribution in [0.4, 0.5) is 0 Å². The van der Waals surface area contributed by atoms with E-state index < -0.39 is 24.1 Å². The van der Waals surface area contributed by atoms with Crippen LogP contribution >= 0.6 is 12.4 Å². The molecule has 5 atom stereocenters. The van der Waals surface area contributed by atoms with Crippen LogP contribution in [0.2, 0.25) is 0 Å². The highest BCUT2D eigenvalue weighted by Gasteiger charge is 2.49. The fourth-order valence-corrected chi connectivity index (χ4v) is 5.11. The molecule has 8 heteroatoms. The van der Waals surface area contributed by atoms with E-state index in [1.165, 1.54) is 4.90 Å². The Hall–Kier alpha value is -2.12. The average molecular weight is 467 g/mol. The molecule has 7 nitrogen and oxygen atoms in total. The number of hydrogen-bond donors (Lipinski definition) is 2. The quantitative estimate of drug-likeness (QED) is 0.543. The Kier molecular flexibility index (Phi) is 9.97. The SMILES string of the molecule is CCOC(=O)[C@H](CCc1ccccc1)N[C@@H](C)C(=O)N1C[C@H]2CCCC[C@H]2[C@H]1C(=O)O.Cl. The zero-order valence-corrected chi connectivity index (χ0v) is 19.7. The van der Waals surface area contributed by atoms with E-state index in [0.717, 1.165) is 31.2 Å². The molecule has 32 heavy (non-hydrogen) atoms. The van der Waals surface area contributed by atoms with Gasteiger partial charge >= 0.3 is 11.9 Å². The Morgan fingerprint density at radius 2 is 1.88 bits per heavy atom. The van der Waals surface area contributed by atoms with Crippen molar-refractivity contribution in [2.75, 3.05) is 13.2 Å². The summed E-state index contributed by atoms with van der Waals surface area (Å²) in [6.07, 6.45) is 5.11. The summed E-state index contributed by atoms with van der Waals surface area (Å²) in [6, 6.07) is 7.77. The number of amides is 1. The predicted octanol–water partition coefficient (Wildman–Crippen LogP) is 3.05. The summed E-state index contributed by atoms with van der Waals surface area (Å²) in [7, 11) is 0. The van der Waals surface area contributed by atoms with Crippen LogP contribution in [0.1, 0.15) is 51.5 Å². The van der Waals surface area contributed by atoms with Gasteiger partial charge in [-0.25, -0.2) is 4.79 Å². The minimum Gasteiger partial charge on any atom is -0.480 e. The topological polar surface area (TPSA) is 95.9 Å². The highest BCUT2D eigenvalue weighted by Crippen LogP contribution is 2.40. The monoisotopic (exact) mass is 466 g/mol. The molecular weight excluding hydrogens is 432 g/mol. The molecule has 2 N–H and O–H groups in total. The fourth-order valence-electron chi connectivity index (χ4n) is 5.11. The maximum absolute atomic E-state index is 13.2. The maximum atomic E-state index is 13.2. The van der Waals surface area contributed by atoms with Gasteiger partial charge < -0.3 is 14.7 Å². The molecule has 0 radical (unpaired) electrons. The van der Waals surface area contributed by atoms with E-state index in [1.54, 1.807) is 13.8 Å². The molecule has 2 aliphatic rings. The van der Waals surface area contributed by atoms with Crippen LogP contribution in [0, 0.1) is 11.8 Å². The van der Waals surface area contributed by atoms with Gasteiger partial charge in [0.2, 0.25) is 5.91 Å². The van der Waals surface area contributed by atoms with Crippen LogP contribution in [0.15, 0.2) is 30.3 Å². The normalized spacial score (nSPS) is 24.1. The summed E-state index contributed by atoms with van der Waals surface area (Å²) < 4.78 is 5.21. The number of nitrogens with zero attached hydrogens (tertiary/aromatic N) is 1. The number of benzene rings is 1. The lowest BCUT2D eigenvalue weighted by atomic mass is 9.78. The standard InChI is InChI=1S/C24H34N2O5.ClH/c1-3-31-24(30)20(14-13-17-9-5-4-6-10-17)25-16(2)22(27)26-15-18-11-7-8-12-19(18)21(26)23(28)29;/h4-6,9-10,16,18-21,25H,3,7-8,11-15H2,1-2H3,(H,28,29);1H/t16-,18+,19+,20-,21-;/m0./s1. The number of rotatable bonds is 9. The number of carbonyl (C=O) groups excluding carboxylic acids is 2. The predicted molar refractivity (Wildman–Crippen MR) is 124 cm³/mol. The Morgan fingerprint density at radius 1 is 1.19 bits per heavy atom. The van der Waals surface area contributed by atoms with Gasteiger partial charge in [-0.3, -0.25) is 14.9 Å². The molecule has 2 fully saturated rings. The van der Waals surface area contributed by atoms with E-state index in [0.29, 0.717) is 19.4 Å². The molecule has 1 amide bonds. The van der Waals surface area contributed by atoms with E-state index in [2.05, 4.69) is 5.32 Å². The van der Waals surface area contributed by atoms with Gasteiger partial charge in [0, 0.05) is 6.54 Å². The zero-order chi connectivity index (χ0) is 22.4. The molecule has 1 saturated heterocycles. The first-order valence-electron chi connectivity index (χ1n) is 11.4. The third-order valence-corrected chi connectivity index (χ3v) is 6.63. The zero-order valence-electron chi connectivity index (χ0n) is 18.9. The number of hydrogen-bond acceptors (Lipinski definition) is 5. The molecule has 178 valence electrons. The van der Waals surface area contributed by atoms with Crippen LogP contribution in [-0.4, -0.2) is 59.1 Å². The number of aliphatic carboxylic acids is 1. The summed E-state index contributed by atoms with van der Waals surface area (Å²) in [5.41, 5.74) is 1.10. The van der Waals surface area contributed by atoms with Crippen LogP contribution < -0.4 is 5.32 Å². The van der Waals surface area contributed by atoms with Crippen LogP contribution in [0.5, 0.6) is 0 Å². The van der Waals surface area contributed by atoms with E-state index in [-0.39, 0.29) is 42.7 Å². The summed E-state index contributed by atoms with van der Waals surface area (Å²) in [5, 5.41) is 12.9. The van der Waals surface area contributed by atoms with Gasteiger partial charge in [-0.15, -0.1) is 12.4 Å². The second-order valence-corrected chi connectivity index (χ2v) is 8.70. The van der Waals surface area contributed by atoms with Crippen LogP contribution in [0.25, 0.3) is 0 Å². The second kappa shape index (κ2) is 12.2. The van der Waals surface area contributed by atoms with Gasteiger partial charge in [-0.1, -0.05) is 43.2 Å². The molecule has 1 aliphatic heterocycles. The minimum absolute atomic E-state index is 0. The smallest absolute Gasteiger partial charge is 0.326 e. The number of carbonyl (C=O) groups is 3. The van der Waals surface area contributed by atoms with Crippen molar-refractivity contribution < 1.29 is 24.2 Å². The van der Waals surface area contributed by atoms with Gasteiger partial charge in [-0.05, 0) is 56.9 Å². The molecular formula is C24H35ClN2O5. The van der Waals surface area contributed by atoms with Crippen LogP contribution in [0.3, 0.4) is 0 Å². The van der Waals surface area contributed by atoms with Crippen LogP contribution in [-0.2, 0) is 25.5 Å². The highest BCUT2D eigenvalue weighted by atomic mass is 35.5. The van der Waals surface area contributed by atoms with E-state index >= 15 is 0 Å². The molecule has 1 aromatic carbocycles. The Bertz CT molecular complexity index is 775. The third-order valence-electron chi connectivity index (χ3n) is 6.63. The summed E-state index contributed by atoms with van der Waals surface area (Å²) in [5.74, 6) is -1.29. The van der Waals surface area contributed by atoms with E-state index in [1.807, 2.05) is 30.3 Å². The second-order valence-electron chi connectivity index (χ2n) is 8.70. The lowest BCUT2D eigenvalue weighted by Gasteiger charge is -2.29. The molecule has 0 spiro atoms. The molecule has 1 heterocycles. The number of nitrogens with one attached hydrogen (secondary N) is 1. The molecule has 0 unspecified atom stereocenters. The van der Waals surface area contributed by atoms with Gasteiger partial charge in [0.05, 0.1) is 12.6 Å². The summed E-state index contributed by atoms with van der Waals surface area (Å²) in [4.78, 5) is 39.3. The molecule has 3 rings (SSSR count). The molecule has 1 aliphatic carbocycles. The molecule has 1 saturated carbocycles. The first kappa shape index (κ1) is 26.1. The Morgan fingerprint density at radius 3 is 2.53 bits per heavy atom. The lowest BCUT2D eigenvalue weighted by Crippen LogP contribution is -2.54. The first-order valence-corrected chi connectivity index (χ1v) is 11.4. The average Bonchev–Trinajstić information content (AvgIpc) is 3.16. The van der Waals surface area contributed by atoms with Crippen molar-refractivity contribution in [3.8, 4) is 0 Å². The number of esters is 1. The number of carboxylic acid groups (broad SMARTS) is 1. The minimum atomic E-state index is -0.930. The van der Waals surface area contributed by atoms with Gasteiger partial charge in [0.1, 0.15) is 12.1 Å². The molecule has 0 aromatic heterocycles. The number of likely N-dealkylation sites (tertiary alicyclic amines) is 1. The Labute approximate surface area is 196 Å². The van der Waals surface area contributed by atoms with Crippen molar-refractivity contribution in [2.45, 2.75) is 70.5 Å². The number of halogens is 1.